The first kappa shape index (κ1) is 18.7. The van der Waals surface area contributed by atoms with Gasteiger partial charge in [-0.2, -0.15) is 0 Å². The Hall–Kier alpha value is -1.66. The molecule has 2 aromatic rings. The van der Waals surface area contributed by atoms with E-state index < -0.39 is 11.9 Å². The van der Waals surface area contributed by atoms with Crippen molar-refractivity contribution in [1.82, 2.24) is 0 Å². The number of benzene rings is 2. The van der Waals surface area contributed by atoms with Gasteiger partial charge >= 0.3 is 11.9 Å². The molecule has 0 saturated carbocycles. The lowest BCUT2D eigenvalue weighted by Gasteiger charge is -2.11. The molecule has 0 aromatic heterocycles. The largest absolute Gasteiger partial charge is 0.465 e. The molecule has 0 spiro atoms. The van der Waals surface area contributed by atoms with Crippen molar-refractivity contribution < 1.29 is 19.1 Å². The van der Waals surface area contributed by atoms with Crippen molar-refractivity contribution in [1.29, 1.82) is 0 Å². The summed E-state index contributed by atoms with van der Waals surface area (Å²) in [7, 11) is 2.71. The van der Waals surface area contributed by atoms with E-state index >= 15 is 0 Å². The lowest BCUT2D eigenvalue weighted by Crippen LogP contribution is -2.06. The van der Waals surface area contributed by atoms with Crippen LogP contribution in [0.5, 0.6) is 0 Å². The van der Waals surface area contributed by atoms with E-state index in [4.69, 9.17) is 9.47 Å². The maximum absolute atomic E-state index is 12.0. The topological polar surface area (TPSA) is 52.6 Å². The second-order valence-electron chi connectivity index (χ2n) is 4.99. The summed E-state index contributed by atoms with van der Waals surface area (Å²) in [5, 5.41) is 1.10. The van der Waals surface area contributed by atoms with Gasteiger partial charge in [0.25, 0.3) is 0 Å². The zero-order valence-electron chi connectivity index (χ0n) is 13.3. The fourth-order valence-electron chi connectivity index (χ4n) is 2.35. The SMILES string of the molecule is COC(=O)c1cc(-c2ccc(CBr)c(C(=O)OC)c2)ccc1CBr. The van der Waals surface area contributed by atoms with E-state index in [1.807, 2.05) is 24.3 Å². The predicted octanol–water partition coefficient (Wildman–Crippen LogP) is 4.72. The monoisotopic (exact) mass is 454 g/mol. The number of methoxy groups -OCH3 is 2. The van der Waals surface area contributed by atoms with E-state index in [-0.39, 0.29) is 0 Å². The molecule has 0 amide bonds. The number of alkyl halides is 2. The van der Waals surface area contributed by atoms with E-state index in [1.165, 1.54) is 14.2 Å². The van der Waals surface area contributed by atoms with Crippen LogP contribution in [-0.2, 0) is 20.1 Å². The molecule has 0 aliphatic carbocycles. The molecule has 2 rings (SSSR count). The molecule has 0 radical (unpaired) electrons. The molecule has 0 heterocycles. The van der Waals surface area contributed by atoms with Crippen LogP contribution in [0.1, 0.15) is 31.8 Å². The van der Waals surface area contributed by atoms with Crippen LogP contribution in [0.2, 0.25) is 0 Å². The van der Waals surface area contributed by atoms with Crippen LogP contribution in [0.15, 0.2) is 36.4 Å². The van der Waals surface area contributed by atoms with Crippen LogP contribution in [0.4, 0.5) is 0 Å². The number of rotatable bonds is 5. The molecule has 0 bridgehead atoms. The summed E-state index contributed by atoms with van der Waals surface area (Å²) in [6, 6.07) is 11.1. The third-order valence-electron chi connectivity index (χ3n) is 3.65. The average molecular weight is 456 g/mol. The van der Waals surface area contributed by atoms with Gasteiger partial charge in [-0.3, -0.25) is 0 Å². The molecule has 126 valence electrons. The lowest BCUT2D eigenvalue weighted by molar-refractivity contribution is 0.0590. The molecule has 0 aliphatic rings. The minimum Gasteiger partial charge on any atom is -0.465 e. The normalized spacial score (nSPS) is 10.3. The molecule has 24 heavy (non-hydrogen) atoms. The minimum absolute atomic E-state index is 0.392. The molecule has 2 aromatic carbocycles. The number of ether oxygens (including phenoxy) is 2. The number of hydrogen-bond donors (Lipinski definition) is 0. The van der Waals surface area contributed by atoms with Crippen molar-refractivity contribution in [3.63, 3.8) is 0 Å². The third kappa shape index (κ3) is 3.87. The van der Waals surface area contributed by atoms with Crippen molar-refractivity contribution in [2.45, 2.75) is 10.7 Å². The summed E-state index contributed by atoms with van der Waals surface area (Å²) in [4.78, 5) is 24.0. The van der Waals surface area contributed by atoms with Gasteiger partial charge in [0.05, 0.1) is 25.3 Å². The Morgan fingerprint density at radius 1 is 0.792 bits per heavy atom. The van der Waals surface area contributed by atoms with Gasteiger partial charge in [-0.25, -0.2) is 9.59 Å². The summed E-state index contributed by atoms with van der Waals surface area (Å²) in [6.07, 6.45) is 0. The molecule has 0 atom stereocenters. The first-order valence-corrected chi connectivity index (χ1v) is 9.34. The van der Waals surface area contributed by atoms with E-state index in [1.54, 1.807) is 12.1 Å². The van der Waals surface area contributed by atoms with Crippen LogP contribution in [-0.4, -0.2) is 26.2 Å². The van der Waals surface area contributed by atoms with Crippen molar-refractivity contribution in [3.05, 3.63) is 58.7 Å². The van der Waals surface area contributed by atoms with Crippen LogP contribution in [0.3, 0.4) is 0 Å². The van der Waals surface area contributed by atoms with Gasteiger partial charge in [0, 0.05) is 10.7 Å². The third-order valence-corrected chi connectivity index (χ3v) is 4.86. The van der Waals surface area contributed by atoms with Crippen LogP contribution in [0, 0.1) is 0 Å². The second kappa shape index (κ2) is 8.44. The first-order chi connectivity index (χ1) is 11.5. The summed E-state index contributed by atoms with van der Waals surface area (Å²) >= 11 is 6.74. The second-order valence-corrected chi connectivity index (χ2v) is 6.12. The summed E-state index contributed by atoms with van der Waals surface area (Å²) in [5.74, 6) is -0.784. The summed E-state index contributed by atoms with van der Waals surface area (Å²) in [6.45, 7) is 0. The number of carbonyl (C=O) groups is 2. The maximum atomic E-state index is 12.0. The highest BCUT2D eigenvalue weighted by atomic mass is 79.9. The Morgan fingerprint density at radius 2 is 1.17 bits per heavy atom. The van der Waals surface area contributed by atoms with Gasteiger partial charge < -0.3 is 9.47 Å². The number of halogens is 2. The van der Waals surface area contributed by atoms with Crippen LogP contribution >= 0.6 is 31.9 Å². The number of hydrogen-bond acceptors (Lipinski definition) is 4. The summed E-state index contributed by atoms with van der Waals surface area (Å²) < 4.78 is 9.69. The maximum Gasteiger partial charge on any atom is 0.338 e. The van der Waals surface area contributed by atoms with Crippen molar-refractivity contribution in [2.75, 3.05) is 14.2 Å². The first-order valence-electron chi connectivity index (χ1n) is 7.10. The van der Waals surface area contributed by atoms with E-state index in [9.17, 15) is 9.59 Å². The van der Waals surface area contributed by atoms with Crippen LogP contribution < -0.4 is 0 Å². The van der Waals surface area contributed by atoms with E-state index in [0.29, 0.717) is 21.8 Å². The van der Waals surface area contributed by atoms with E-state index in [0.717, 1.165) is 22.3 Å². The Labute approximate surface area is 157 Å². The van der Waals surface area contributed by atoms with Gasteiger partial charge in [-0.05, 0) is 34.4 Å². The van der Waals surface area contributed by atoms with Crippen molar-refractivity contribution in [2.24, 2.45) is 0 Å². The molecule has 0 aliphatic heterocycles. The van der Waals surface area contributed by atoms with Crippen molar-refractivity contribution in [3.8, 4) is 11.1 Å². The Bertz CT molecular complexity index is 706. The molecule has 4 nitrogen and oxygen atoms in total. The Morgan fingerprint density at radius 3 is 1.46 bits per heavy atom. The van der Waals surface area contributed by atoms with Crippen LogP contribution in [0.25, 0.3) is 11.1 Å². The molecular weight excluding hydrogens is 440 g/mol. The average Bonchev–Trinajstić information content (AvgIpc) is 2.65. The van der Waals surface area contributed by atoms with Gasteiger partial charge in [0.2, 0.25) is 0 Å². The molecule has 0 unspecified atom stereocenters. The minimum atomic E-state index is -0.392. The molecular formula is C18H16Br2O4. The van der Waals surface area contributed by atoms with Gasteiger partial charge in [-0.1, -0.05) is 56.1 Å². The predicted molar refractivity (Wildman–Crippen MR) is 99.8 cm³/mol. The standard InChI is InChI=1S/C18H16Br2O4/c1-23-17(21)15-7-11(3-5-13(15)9-19)12-4-6-14(10-20)16(8-12)18(22)24-2/h3-8H,9-10H2,1-2H3. The molecule has 6 heteroatoms. The highest BCUT2D eigenvalue weighted by Crippen LogP contribution is 2.27. The fraction of sp³-hybridized carbons (Fsp3) is 0.222. The zero-order chi connectivity index (χ0) is 17.7. The quantitative estimate of drug-likeness (QED) is 0.483. The fourth-order valence-corrected chi connectivity index (χ4v) is 3.32. The zero-order valence-corrected chi connectivity index (χ0v) is 16.4. The highest BCUT2D eigenvalue weighted by molar-refractivity contribution is 9.08. The molecule has 0 saturated heterocycles. The van der Waals surface area contributed by atoms with Gasteiger partial charge in [-0.15, -0.1) is 0 Å². The Kier molecular flexibility index (Phi) is 6.57. The van der Waals surface area contributed by atoms with E-state index in [2.05, 4.69) is 31.9 Å². The highest BCUT2D eigenvalue weighted by Gasteiger charge is 2.16. The van der Waals surface area contributed by atoms with Crippen molar-refractivity contribution >= 4 is 43.8 Å². The molecule has 0 fully saturated rings. The Balaban J connectivity index is 2.56. The number of carbonyl (C=O) groups excluding carboxylic acids is 2. The van der Waals surface area contributed by atoms with Gasteiger partial charge in [0.1, 0.15) is 0 Å². The molecule has 0 N–H and O–H groups in total. The lowest BCUT2D eigenvalue weighted by atomic mass is 9.96. The summed E-state index contributed by atoms with van der Waals surface area (Å²) in [5.41, 5.74) is 4.33. The smallest absolute Gasteiger partial charge is 0.338 e. The number of esters is 2. The van der Waals surface area contributed by atoms with Gasteiger partial charge in [0.15, 0.2) is 0 Å².